The molecule has 1 fully saturated rings. The molecule has 0 aromatic heterocycles. The molecule has 0 bridgehead atoms. The second kappa shape index (κ2) is 4.64. The highest BCUT2D eigenvalue weighted by molar-refractivity contribution is 6.33. The lowest BCUT2D eigenvalue weighted by molar-refractivity contribution is 0.625. The Morgan fingerprint density at radius 2 is 2.19 bits per heavy atom. The second-order valence-corrected chi connectivity index (χ2v) is 5.24. The van der Waals surface area contributed by atoms with E-state index in [2.05, 4.69) is 30.9 Å². The van der Waals surface area contributed by atoms with E-state index < -0.39 is 0 Å². The highest BCUT2D eigenvalue weighted by Gasteiger charge is 2.27. The van der Waals surface area contributed by atoms with E-state index in [9.17, 15) is 0 Å². The van der Waals surface area contributed by atoms with Gasteiger partial charge in [-0.25, -0.2) is 0 Å². The Hall–Kier alpha value is -0.730. The van der Waals surface area contributed by atoms with Gasteiger partial charge in [0.1, 0.15) is 0 Å². The quantitative estimate of drug-likeness (QED) is 0.858. The summed E-state index contributed by atoms with van der Waals surface area (Å²) >= 11 is 6.30. The molecule has 2 atom stereocenters. The van der Waals surface area contributed by atoms with E-state index in [4.69, 9.17) is 17.3 Å². The predicted molar refractivity (Wildman–Crippen MR) is 69.9 cm³/mol. The number of halogens is 1. The minimum atomic E-state index is 0.548. The molecular weight excluding hydrogens is 220 g/mol. The maximum Gasteiger partial charge on any atom is 0.0642 e. The molecule has 2 unspecified atom stereocenters. The summed E-state index contributed by atoms with van der Waals surface area (Å²) < 4.78 is 0. The average Bonchev–Trinajstić information content (AvgIpc) is 2.57. The van der Waals surface area contributed by atoms with Gasteiger partial charge in [0.2, 0.25) is 0 Å². The molecule has 1 aromatic carbocycles. The summed E-state index contributed by atoms with van der Waals surface area (Å²) in [5.41, 5.74) is 7.84. The molecule has 16 heavy (non-hydrogen) atoms. The summed E-state index contributed by atoms with van der Waals surface area (Å²) in [5.74, 6) is 0.750. The van der Waals surface area contributed by atoms with Gasteiger partial charge in [0.05, 0.1) is 10.7 Å². The Labute approximate surface area is 102 Å². The van der Waals surface area contributed by atoms with Gasteiger partial charge in [-0.1, -0.05) is 24.6 Å². The van der Waals surface area contributed by atoms with Crippen LogP contribution in [-0.2, 0) is 6.54 Å². The van der Waals surface area contributed by atoms with Gasteiger partial charge in [-0.3, -0.25) is 0 Å². The van der Waals surface area contributed by atoms with Crippen LogP contribution in [0.4, 0.5) is 5.69 Å². The lowest BCUT2D eigenvalue weighted by atomic mass is 10.1. The van der Waals surface area contributed by atoms with Crippen molar-refractivity contribution in [2.24, 2.45) is 11.7 Å². The highest BCUT2D eigenvalue weighted by atomic mass is 35.5. The van der Waals surface area contributed by atoms with Gasteiger partial charge in [-0.05, 0) is 37.0 Å². The van der Waals surface area contributed by atoms with Gasteiger partial charge in [-0.15, -0.1) is 0 Å². The molecule has 0 radical (unpaired) electrons. The Morgan fingerprint density at radius 3 is 2.69 bits per heavy atom. The summed E-state index contributed by atoms with van der Waals surface area (Å²) in [7, 11) is 0. The molecule has 88 valence electrons. The Kier molecular flexibility index (Phi) is 3.41. The van der Waals surface area contributed by atoms with Crippen molar-refractivity contribution in [3.8, 4) is 0 Å². The van der Waals surface area contributed by atoms with Gasteiger partial charge in [0.25, 0.3) is 0 Å². The first kappa shape index (κ1) is 11.7. The molecule has 1 saturated heterocycles. The fourth-order valence-corrected chi connectivity index (χ4v) is 2.86. The molecule has 1 aliphatic rings. The van der Waals surface area contributed by atoms with E-state index in [-0.39, 0.29) is 0 Å². The second-order valence-electron chi connectivity index (χ2n) is 4.83. The molecule has 3 heteroatoms. The third-order valence-electron chi connectivity index (χ3n) is 3.34. The van der Waals surface area contributed by atoms with Crippen LogP contribution in [0.3, 0.4) is 0 Å². The smallest absolute Gasteiger partial charge is 0.0642 e. The van der Waals surface area contributed by atoms with Crippen molar-refractivity contribution in [1.29, 1.82) is 0 Å². The van der Waals surface area contributed by atoms with Crippen LogP contribution >= 0.6 is 11.6 Å². The van der Waals surface area contributed by atoms with E-state index in [1.165, 1.54) is 6.42 Å². The Balaban J connectivity index is 2.27. The number of benzene rings is 1. The normalized spacial score (nSPS) is 25.1. The van der Waals surface area contributed by atoms with E-state index in [0.29, 0.717) is 12.6 Å². The summed E-state index contributed by atoms with van der Waals surface area (Å²) in [6.07, 6.45) is 1.25. The first-order chi connectivity index (χ1) is 7.61. The van der Waals surface area contributed by atoms with Crippen molar-refractivity contribution in [1.82, 2.24) is 0 Å². The zero-order valence-corrected chi connectivity index (χ0v) is 10.7. The van der Waals surface area contributed by atoms with Crippen LogP contribution in [-0.4, -0.2) is 12.6 Å². The number of nitrogens with zero attached hydrogens (tertiary/aromatic N) is 1. The zero-order chi connectivity index (χ0) is 11.7. The summed E-state index contributed by atoms with van der Waals surface area (Å²) in [4.78, 5) is 2.40. The standard InChI is InChI=1S/C13H19ClN2/c1-9-5-10(2)16(8-9)13-4-3-11(7-15)6-12(13)14/h3-4,6,9-10H,5,7-8,15H2,1-2H3. The number of hydrogen-bond donors (Lipinski definition) is 1. The molecule has 1 aliphatic heterocycles. The molecule has 0 amide bonds. The van der Waals surface area contributed by atoms with Crippen LogP contribution in [0.5, 0.6) is 0 Å². The number of hydrogen-bond acceptors (Lipinski definition) is 2. The molecule has 0 spiro atoms. The van der Waals surface area contributed by atoms with Crippen molar-refractivity contribution in [2.75, 3.05) is 11.4 Å². The third kappa shape index (κ3) is 2.18. The van der Waals surface area contributed by atoms with Crippen molar-refractivity contribution < 1.29 is 0 Å². The lowest BCUT2D eigenvalue weighted by Gasteiger charge is -2.25. The van der Waals surface area contributed by atoms with Gasteiger partial charge in [0.15, 0.2) is 0 Å². The van der Waals surface area contributed by atoms with E-state index in [1.807, 2.05) is 6.07 Å². The van der Waals surface area contributed by atoms with Crippen LogP contribution in [0.15, 0.2) is 18.2 Å². The fraction of sp³-hybridized carbons (Fsp3) is 0.538. The lowest BCUT2D eigenvalue weighted by Crippen LogP contribution is -2.26. The Morgan fingerprint density at radius 1 is 1.44 bits per heavy atom. The maximum atomic E-state index is 6.30. The minimum absolute atomic E-state index is 0.548. The molecular formula is C13H19ClN2. The van der Waals surface area contributed by atoms with E-state index in [1.54, 1.807) is 0 Å². The van der Waals surface area contributed by atoms with Crippen LogP contribution in [0.1, 0.15) is 25.8 Å². The first-order valence-corrected chi connectivity index (χ1v) is 6.24. The van der Waals surface area contributed by atoms with Crippen LogP contribution in [0, 0.1) is 5.92 Å². The number of anilines is 1. The first-order valence-electron chi connectivity index (χ1n) is 5.87. The van der Waals surface area contributed by atoms with Crippen LogP contribution in [0.25, 0.3) is 0 Å². The van der Waals surface area contributed by atoms with Gasteiger partial charge < -0.3 is 10.6 Å². The maximum absolute atomic E-state index is 6.30. The van der Waals surface area contributed by atoms with Crippen LogP contribution < -0.4 is 10.6 Å². The number of rotatable bonds is 2. The molecule has 1 aromatic rings. The van der Waals surface area contributed by atoms with Crippen LogP contribution in [0.2, 0.25) is 5.02 Å². The number of nitrogens with two attached hydrogens (primary N) is 1. The average molecular weight is 239 g/mol. The monoisotopic (exact) mass is 238 g/mol. The summed E-state index contributed by atoms with van der Waals surface area (Å²) in [5, 5.41) is 0.823. The molecule has 2 N–H and O–H groups in total. The van der Waals surface area contributed by atoms with Crippen molar-refractivity contribution in [3.05, 3.63) is 28.8 Å². The van der Waals surface area contributed by atoms with Crippen molar-refractivity contribution in [2.45, 2.75) is 32.9 Å². The van der Waals surface area contributed by atoms with E-state index in [0.717, 1.165) is 28.7 Å². The predicted octanol–water partition coefficient (Wildman–Crippen LogP) is 3.03. The van der Waals surface area contributed by atoms with Crippen molar-refractivity contribution >= 4 is 17.3 Å². The fourth-order valence-electron chi connectivity index (χ4n) is 2.55. The SMILES string of the molecule is CC1CC(C)N(c2ccc(CN)cc2Cl)C1. The summed E-state index contributed by atoms with van der Waals surface area (Å²) in [6, 6.07) is 6.72. The molecule has 0 saturated carbocycles. The van der Waals surface area contributed by atoms with Gasteiger partial charge in [-0.2, -0.15) is 0 Å². The topological polar surface area (TPSA) is 29.3 Å². The highest BCUT2D eigenvalue weighted by Crippen LogP contribution is 2.34. The largest absolute Gasteiger partial charge is 0.367 e. The minimum Gasteiger partial charge on any atom is -0.367 e. The third-order valence-corrected chi connectivity index (χ3v) is 3.64. The van der Waals surface area contributed by atoms with E-state index >= 15 is 0 Å². The Bertz CT molecular complexity index is 378. The summed E-state index contributed by atoms with van der Waals surface area (Å²) in [6.45, 7) is 6.20. The van der Waals surface area contributed by atoms with Gasteiger partial charge >= 0.3 is 0 Å². The molecule has 0 aliphatic carbocycles. The zero-order valence-electron chi connectivity index (χ0n) is 9.91. The molecule has 1 heterocycles. The van der Waals surface area contributed by atoms with Crippen molar-refractivity contribution in [3.63, 3.8) is 0 Å². The van der Waals surface area contributed by atoms with Gasteiger partial charge in [0, 0.05) is 19.1 Å². The molecule has 2 nitrogen and oxygen atoms in total. The molecule has 2 rings (SSSR count).